The first-order chi connectivity index (χ1) is 35.7. The van der Waals surface area contributed by atoms with E-state index in [1.54, 1.807) is 122 Å². The summed E-state index contributed by atoms with van der Waals surface area (Å²) in [7, 11) is 1.56. The van der Waals surface area contributed by atoms with Gasteiger partial charge in [0, 0.05) is 6.07 Å². The fraction of sp³-hybridized carbons (Fsp3) is 0.155. The van der Waals surface area contributed by atoms with Gasteiger partial charge in [0.05, 0.1) is 34.7 Å². The second-order valence-electron chi connectivity index (χ2n) is 16.4. The van der Waals surface area contributed by atoms with Gasteiger partial charge in [0.2, 0.25) is 18.1 Å². The van der Waals surface area contributed by atoms with Crippen molar-refractivity contribution in [1.82, 2.24) is 0 Å². The maximum Gasteiger partial charge on any atom is 0.383 e. The minimum Gasteiger partial charge on any atom is -0.497 e. The smallest absolute Gasteiger partial charge is 0.383 e. The molecular formula is C58H46O15. The molecule has 0 bridgehead atoms. The van der Waals surface area contributed by atoms with Gasteiger partial charge in [-0.25, -0.2) is 24.0 Å². The zero-order valence-corrected chi connectivity index (χ0v) is 39.1. The number of hydrogen-bond acceptors (Lipinski definition) is 15. The molecule has 0 aliphatic carbocycles. The molecule has 1 aromatic heterocycles. The highest BCUT2D eigenvalue weighted by molar-refractivity contribution is 5.92. The fourth-order valence-corrected chi connectivity index (χ4v) is 7.84. The number of ether oxygens (including phenoxy) is 9. The first kappa shape index (κ1) is 48.8. The van der Waals surface area contributed by atoms with Crippen LogP contribution < -0.4 is 24.6 Å². The molecule has 1 aliphatic heterocycles. The van der Waals surface area contributed by atoms with Crippen LogP contribution in [0, 0.1) is 0 Å². The molecule has 9 rings (SSSR count). The van der Waals surface area contributed by atoms with Crippen LogP contribution in [-0.4, -0.2) is 68.3 Å². The molecule has 0 unspecified atom stereocenters. The molecule has 368 valence electrons. The largest absolute Gasteiger partial charge is 0.497 e. The standard InChI is InChI=1S/C58H46O15/c1-64-43-29-27-38(28-30-43)35-66-51-48(65-34-37-17-7-2-8-18-37)45-32-31-44(33-46(45)69-57(51)63)68-58-52(73-56(62)42-25-15-6-16-26-42)50(72-55(61)41-23-13-5-14-24-41)49(71-54(60)40-21-11-4-12-22-40)47(70-58)36-67-53(59)39-19-9-3-10-20-39/h2-33,47,49-50,52,58H,34-36H2,1H3/t47-,49+,50+,52-,58-/m1/s1. The van der Waals surface area contributed by atoms with Crippen LogP contribution in [0.4, 0.5) is 0 Å². The fourth-order valence-electron chi connectivity index (χ4n) is 7.84. The van der Waals surface area contributed by atoms with Gasteiger partial charge < -0.3 is 47.0 Å². The molecule has 0 radical (unpaired) electrons. The van der Waals surface area contributed by atoms with E-state index in [0.29, 0.717) is 11.1 Å². The van der Waals surface area contributed by atoms with Gasteiger partial charge in [-0.2, -0.15) is 0 Å². The predicted octanol–water partition coefficient (Wildman–Crippen LogP) is 9.60. The van der Waals surface area contributed by atoms with E-state index >= 15 is 0 Å². The molecule has 0 N–H and O–H groups in total. The lowest BCUT2D eigenvalue weighted by molar-refractivity contribution is -0.275. The van der Waals surface area contributed by atoms with Crippen molar-refractivity contribution >= 4 is 34.8 Å². The molecule has 1 saturated heterocycles. The zero-order valence-electron chi connectivity index (χ0n) is 39.1. The molecule has 1 fully saturated rings. The van der Waals surface area contributed by atoms with E-state index in [2.05, 4.69) is 0 Å². The lowest BCUT2D eigenvalue weighted by Crippen LogP contribution is -2.63. The summed E-state index contributed by atoms with van der Waals surface area (Å²) in [5.74, 6) is -2.79. The number of rotatable bonds is 18. The van der Waals surface area contributed by atoms with Crippen LogP contribution in [0.2, 0.25) is 0 Å². The molecule has 0 amide bonds. The van der Waals surface area contributed by atoms with Crippen molar-refractivity contribution in [2.24, 2.45) is 0 Å². The van der Waals surface area contributed by atoms with Crippen LogP contribution in [0.5, 0.6) is 23.0 Å². The van der Waals surface area contributed by atoms with Crippen molar-refractivity contribution in [2.75, 3.05) is 13.7 Å². The van der Waals surface area contributed by atoms with Crippen molar-refractivity contribution in [3.8, 4) is 23.0 Å². The van der Waals surface area contributed by atoms with E-state index in [4.69, 9.17) is 47.0 Å². The summed E-state index contributed by atoms with van der Waals surface area (Å²) in [5.41, 5.74) is 1.28. The second-order valence-corrected chi connectivity index (χ2v) is 16.4. The Morgan fingerprint density at radius 1 is 0.479 bits per heavy atom. The minimum atomic E-state index is -1.70. The van der Waals surface area contributed by atoms with E-state index in [1.165, 1.54) is 48.5 Å². The lowest BCUT2D eigenvalue weighted by atomic mass is 9.97. The second kappa shape index (κ2) is 23.1. The molecule has 0 saturated carbocycles. The van der Waals surface area contributed by atoms with E-state index < -0.39 is 66.8 Å². The van der Waals surface area contributed by atoms with Gasteiger partial charge in [0.15, 0.2) is 18.0 Å². The summed E-state index contributed by atoms with van der Waals surface area (Å²) >= 11 is 0. The van der Waals surface area contributed by atoms with Gasteiger partial charge >= 0.3 is 29.5 Å². The van der Waals surface area contributed by atoms with Crippen molar-refractivity contribution < 1.29 is 66.2 Å². The van der Waals surface area contributed by atoms with Gasteiger partial charge in [-0.3, -0.25) is 0 Å². The van der Waals surface area contributed by atoms with Crippen LogP contribution in [0.3, 0.4) is 0 Å². The van der Waals surface area contributed by atoms with Crippen LogP contribution >= 0.6 is 0 Å². The summed E-state index contributed by atoms with van der Waals surface area (Å²) in [6, 6.07) is 53.2. The molecule has 0 spiro atoms. The summed E-state index contributed by atoms with van der Waals surface area (Å²) in [6.45, 7) is -0.520. The number of fused-ring (bicyclic) bond motifs is 1. The maximum atomic E-state index is 14.1. The molecule has 15 heteroatoms. The lowest BCUT2D eigenvalue weighted by Gasteiger charge is -2.44. The first-order valence-corrected chi connectivity index (χ1v) is 23.1. The predicted molar refractivity (Wildman–Crippen MR) is 264 cm³/mol. The van der Waals surface area contributed by atoms with Crippen molar-refractivity contribution in [3.05, 3.63) is 238 Å². The molecule has 7 aromatic carbocycles. The quantitative estimate of drug-likeness (QED) is 0.0450. The molecule has 8 aromatic rings. The maximum absolute atomic E-state index is 14.1. The Morgan fingerprint density at radius 2 is 0.932 bits per heavy atom. The molecule has 73 heavy (non-hydrogen) atoms. The Morgan fingerprint density at radius 3 is 1.47 bits per heavy atom. The Kier molecular flexibility index (Phi) is 15.5. The third kappa shape index (κ3) is 12.0. The van der Waals surface area contributed by atoms with E-state index in [9.17, 15) is 24.0 Å². The van der Waals surface area contributed by atoms with Crippen LogP contribution in [-0.2, 0) is 36.9 Å². The zero-order chi connectivity index (χ0) is 50.5. The SMILES string of the molecule is COc1ccc(COc2c(OCc3ccccc3)c3ccc(O[C@@H]4O[C@H](COC(=O)c5ccccc5)[C@H](OC(=O)c5ccccc5)[C@H](OC(=O)c5ccccc5)[C@H]4OC(=O)c4ccccc4)cc3oc2=O)cc1. The number of benzene rings is 7. The summed E-state index contributed by atoms with van der Waals surface area (Å²) in [5, 5.41) is 0.331. The third-order valence-electron chi connectivity index (χ3n) is 11.5. The highest BCUT2D eigenvalue weighted by Gasteiger charge is 2.54. The number of esters is 4. The van der Waals surface area contributed by atoms with Crippen molar-refractivity contribution in [3.63, 3.8) is 0 Å². The molecular weight excluding hydrogens is 937 g/mol. The summed E-state index contributed by atoms with van der Waals surface area (Å²) in [6.07, 6.45) is -8.12. The monoisotopic (exact) mass is 982 g/mol. The number of methoxy groups -OCH3 is 1. The molecule has 5 atom stereocenters. The normalized spacial score (nSPS) is 17.1. The van der Waals surface area contributed by atoms with E-state index in [-0.39, 0.29) is 58.3 Å². The van der Waals surface area contributed by atoms with Gasteiger partial charge in [-0.1, -0.05) is 115 Å². The Balaban J connectivity index is 1.11. The molecule has 15 nitrogen and oxygen atoms in total. The van der Waals surface area contributed by atoms with Gasteiger partial charge in [-0.15, -0.1) is 0 Å². The average Bonchev–Trinajstić information content (AvgIpc) is 3.44. The highest BCUT2D eigenvalue weighted by Crippen LogP contribution is 2.38. The van der Waals surface area contributed by atoms with Crippen molar-refractivity contribution in [1.29, 1.82) is 0 Å². The molecule has 1 aliphatic rings. The summed E-state index contributed by atoms with van der Waals surface area (Å²) in [4.78, 5) is 69.6. The highest BCUT2D eigenvalue weighted by atomic mass is 16.7. The Hall–Kier alpha value is -9.21. The minimum absolute atomic E-state index is 0.00561. The third-order valence-corrected chi connectivity index (χ3v) is 11.5. The average molecular weight is 983 g/mol. The number of carbonyl (C=O) groups is 4. The Bertz CT molecular complexity index is 3200. The van der Waals surface area contributed by atoms with Gasteiger partial charge in [-0.05, 0) is 83.9 Å². The van der Waals surface area contributed by atoms with E-state index in [1.807, 2.05) is 30.3 Å². The van der Waals surface area contributed by atoms with E-state index in [0.717, 1.165) is 11.1 Å². The summed E-state index contributed by atoms with van der Waals surface area (Å²) < 4.78 is 61.0. The van der Waals surface area contributed by atoms with Crippen LogP contribution in [0.1, 0.15) is 52.6 Å². The van der Waals surface area contributed by atoms with Crippen LogP contribution in [0.15, 0.2) is 203 Å². The number of hydrogen-bond donors (Lipinski definition) is 0. The number of carbonyl (C=O) groups excluding carboxylic acids is 4. The van der Waals surface area contributed by atoms with Crippen molar-refractivity contribution in [2.45, 2.75) is 43.9 Å². The topological polar surface area (TPSA) is 182 Å². The Labute approximate surface area is 418 Å². The van der Waals surface area contributed by atoms with Gasteiger partial charge in [0.1, 0.15) is 43.0 Å². The first-order valence-electron chi connectivity index (χ1n) is 23.1. The van der Waals surface area contributed by atoms with Crippen LogP contribution in [0.25, 0.3) is 11.0 Å². The molecule has 2 heterocycles. The van der Waals surface area contributed by atoms with Gasteiger partial charge in [0.25, 0.3) is 0 Å².